The molecule has 0 atom stereocenters. The average Bonchev–Trinajstić information content (AvgIpc) is 2.37. The van der Waals surface area contributed by atoms with Crippen LogP contribution in [0.5, 0.6) is 5.75 Å². The van der Waals surface area contributed by atoms with Crippen molar-refractivity contribution in [3.8, 4) is 17.6 Å². The van der Waals surface area contributed by atoms with E-state index in [0.717, 1.165) is 0 Å². The minimum absolute atomic E-state index is 0.118. The van der Waals surface area contributed by atoms with E-state index in [-0.39, 0.29) is 11.3 Å². The number of benzene rings is 1. The van der Waals surface area contributed by atoms with Crippen LogP contribution in [0.4, 0.5) is 5.69 Å². The van der Waals surface area contributed by atoms with Gasteiger partial charge < -0.3 is 9.47 Å². The summed E-state index contributed by atoms with van der Waals surface area (Å²) in [5.41, 5.74) is 0.157. The summed E-state index contributed by atoms with van der Waals surface area (Å²) in [6, 6.07) is 4.01. The fraction of sp³-hybridized carbons (Fsp3) is 0.250. The van der Waals surface area contributed by atoms with E-state index in [9.17, 15) is 14.9 Å². The summed E-state index contributed by atoms with van der Waals surface area (Å²) >= 11 is 0. The first kappa shape index (κ1) is 13.5. The van der Waals surface area contributed by atoms with Crippen LogP contribution in [0.1, 0.15) is 12.5 Å². The summed E-state index contributed by atoms with van der Waals surface area (Å²) < 4.78 is 9.62. The zero-order chi connectivity index (χ0) is 13.5. The molecule has 0 N–H and O–H groups in total. The van der Waals surface area contributed by atoms with E-state index in [1.807, 2.05) is 0 Å². The molecule has 0 aromatic heterocycles. The van der Waals surface area contributed by atoms with Gasteiger partial charge in [0.15, 0.2) is 0 Å². The van der Waals surface area contributed by atoms with Gasteiger partial charge in [-0.25, -0.2) is 4.79 Å². The number of carbonyl (C=O) groups excluding carboxylic acids is 1. The Balaban J connectivity index is 3.17. The molecular weight excluding hydrogens is 238 g/mol. The van der Waals surface area contributed by atoms with Gasteiger partial charge in [-0.3, -0.25) is 10.1 Å². The molecule has 0 unspecified atom stereocenters. The number of hydrogen-bond acceptors (Lipinski definition) is 5. The maximum Gasteiger partial charge on any atom is 0.384 e. The predicted octanol–water partition coefficient (Wildman–Crippen LogP) is 1.52. The second-order valence-corrected chi connectivity index (χ2v) is 3.11. The van der Waals surface area contributed by atoms with Crippen LogP contribution in [-0.4, -0.2) is 24.6 Å². The van der Waals surface area contributed by atoms with Crippen molar-refractivity contribution in [1.29, 1.82) is 0 Å². The minimum Gasteiger partial charge on any atom is -0.493 e. The molecule has 0 bridgehead atoms. The zero-order valence-corrected chi connectivity index (χ0v) is 9.93. The molecule has 0 saturated heterocycles. The Morgan fingerprint density at radius 1 is 1.50 bits per heavy atom. The molecular formula is C12H11NO5. The highest BCUT2D eigenvalue weighted by molar-refractivity contribution is 5.89. The molecule has 0 aliphatic carbocycles. The molecule has 6 nitrogen and oxygen atoms in total. The Hall–Kier alpha value is -2.55. The molecule has 0 radical (unpaired) electrons. The quantitative estimate of drug-likeness (QED) is 0.351. The van der Waals surface area contributed by atoms with Gasteiger partial charge in [-0.15, -0.1) is 0 Å². The molecule has 0 heterocycles. The number of non-ortho nitro benzene ring substituents is 1. The molecule has 0 aliphatic heterocycles. The molecule has 6 heteroatoms. The monoisotopic (exact) mass is 249 g/mol. The van der Waals surface area contributed by atoms with Crippen LogP contribution in [0.25, 0.3) is 0 Å². The Bertz CT molecular complexity index is 527. The number of nitro groups is 1. The van der Waals surface area contributed by atoms with Gasteiger partial charge in [0.2, 0.25) is 0 Å². The number of hydrogen-bond donors (Lipinski definition) is 0. The fourth-order valence-electron chi connectivity index (χ4n) is 1.18. The number of nitrogens with zero attached hydrogens (tertiary/aromatic N) is 1. The van der Waals surface area contributed by atoms with Crippen molar-refractivity contribution in [3.05, 3.63) is 33.9 Å². The van der Waals surface area contributed by atoms with Crippen molar-refractivity contribution in [3.63, 3.8) is 0 Å². The van der Waals surface area contributed by atoms with Gasteiger partial charge >= 0.3 is 5.97 Å². The van der Waals surface area contributed by atoms with Gasteiger partial charge in [-0.1, -0.05) is 5.92 Å². The topological polar surface area (TPSA) is 78.7 Å². The zero-order valence-electron chi connectivity index (χ0n) is 9.93. The summed E-state index contributed by atoms with van der Waals surface area (Å²) in [5, 5.41) is 10.6. The van der Waals surface area contributed by atoms with Gasteiger partial charge in [-0.2, -0.15) is 0 Å². The Kier molecular flexibility index (Phi) is 4.69. The first-order chi connectivity index (χ1) is 8.58. The molecule has 0 amide bonds. The largest absolute Gasteiger partial charge is 0.493 e. The van der Waals surface area contributed by atoms with Crippen LogP contribution >= 0.6 is 0 Å². The van der Waals surface area contributed by atoms with E-state index in [1.54, 1.807) is 6.92 Å². The van der Waals surface area contributed by atoms with E-state index >= 15 is 0 Å². The van der Waals surface area contributed by atoms with Crippen LogP contribution in [0.15, 0.2) is 18.2 Å². The summed E-state index contributed by atoms with van der Waals surface area (Å²) in [7, 11) is 1.20. The summed E-state index contributed by atoms with van der Waals surface area (Å²) in [6.45, 7) is 2.17. The normalized spacial score (nSPS) is 9.00. The highest BCUT2D eigenvalue weighted by atomic mass is 16.6. The Morgan fingerprint density at radius 2 is 2.22 bits per heavy atom. The van der Waals surface area contributed by atoms with E-state index in [4.69, 9.17) is 4.74 Å². The van der Waals surface area contributed by atoms with Crippen LogP contribution in [0.2, 0.25) is 0 Å². The third kappa shape index (κ3) is 3.49. The summed E-state index contributed by atoms with van der Waals surface area (Å²) in [5.74, 6) is 4.36. The van der Waals surface area contributed by atoms with Crippen molar-refractivity contribution < 1.29 is 19.2 Å². The van der Waals surface area contributed by atoms with Crippen molar-refractivity contribution in [1.82, 2.24) is 0 Å². The SMILES string of the molecule is CCOc1ccc([N+](=O)[O-])cc1C#CC(=O)OC. The van der Waals surface area contributed by atoms with E-state index in [1.165, 1.54) is 25.3 Å². The van der Waals surface area contributed by atoms with Gasteiger partial charge in [0.25, 0.3) is 5.69 Å². The van der Waals surface area contributed by atoms with Gasteiger partial charge in [0, 0.05) is 18.1 Å². The Morgan fingerprint density at radius 3 is 2.78 bits per heavy atom. The number of methoxy groups -OCH3 is 1. The van der Waals surface area contributed by atoms with E-state index in [0.29, 0.717) is 12.4 Å². The molecule has 1 aromatic carbocycles. The maximum atomic E-state index is 10.9. The second kappa shape index (κ2) is 6.25. The number of rotatable bonds is 3. The average molecular weight is 249 g/mol. The van der Waals surface area contributed by atoms with Gasteiger partial charge in [0.05, 0.1) is 24.2 Å². The van der Waals surface area contributed by atoms with Crippen LogP contribution in [0, 0.1) is 22.0 Å². The third-order valence-corrected chi connectivity index (χ3v) is 1.96. The molecule has 94 valence electrons. The van der Waals surface area contributed by atoms with E-state index < -0.39 is 10.9 Å². The number of esters is 1. The summed E-state index contributed by atoms with van der Waals surface area (Å²) in [4.78, 5) is 21.0. The smallest absolute Gasteiger partial charge is 0.384 e. The lowest BCUT2D eigenvalue weighted by atomic mass is 10.2. The number of ether oxygens (including phenoxy) is 2. The minimum atomic E-state index is -0.719. The molecule has 0 spiro atoms. The lowest BCUT2D eigenvalue weighted by Crippen LogP contribution is -1.98. The lowest BCUT2D eigenvalue weighted by Gasteiger charge is -2.04. The van der Waals surface area contributed by atoms with Crippen LogP contribution in [-0.2, 0) is 9.53 Å². The van der Waals surface area contributed by atoms with Gasteiger partial charge in [-0.05, 0) is 13.0 Å². The maximum absolute atomic E-state index is 10.9. The number of nitro benzene ring substituents is 1. The number of carbonyl (C=O) groups is 1. The molecule has 0 aliphatic rings. The molecule has 1 aromatic rings. The molecule has 0 fully saturated rings. The third-order valence-electron chi connectivity index (χ3n) is 1.96. The van der Waals surface area contributed by atoms with Crippen molar-refractivity contribution in [2.45, 2.75) is 6.92 Å². The first-order valence-electron chi connectivity index (χ1n) is 5.09. The van der Waals surface area contributed by atoms with Crippen molar-refractivity contribution in [2.75, 3.05) is 13.7 Å². The molecule has 18 heavy (non-hydrogen) atoms. The van der Waals surface area contributed by atoms with Gasteiger partial charge in [0.1, 0.15) is 5.75 Å². The van der Waals surface area contributed by atoms with Crippen LogP contribution < -0.4 is 4.74 Å². The second-order valence-electron chi connectivity index (χ2n) is 3.11. The summed E-state index contributed by atoms with van der Waals surface area (Å²) in [6.07, 6.45) is 0. The van der Waals surface area contributed by atoms with E-state index in [2.05, 4.69) is 16.6 Å². The molecule has 0 saturated carbocycles. The standard InChI is InChI=1S/C12H11NO5/c1-3-18-11-6-5-10(13(15)16)8-9(11)4-7-12(14)17-2/h5-6,8H,3H2,1-2H3. The molecule has 1 rings (SSSR count). The predicted molar refractivity (Wildman–Crippen MR) is 63.2 cm³/mol. The fourth-order valence-corrected chi connectivity index (χ4v) is 1.18. The first-order valence-corrected chi connectivity index (χ1v) is 5.09. The lowest BCUT2D eigenvalue weighted by molar-refractivity contribution is -0.384. The van der Waals surface area contributed by atoms with Crippen molar-refractivity contribution >= 4 is 11.7 Å². The van der Waals surface area contributed by atoms with Crippen LogP contribution in [0.3, 0.4) is 0 Å². The highest BCUT2D eigenvalue weighted by Gasteiger charge is 2.10. The Labute approximate surface area is 104 Å². The highest BCUT2D eigenvalue weighted by Crippen LogP contribution is 2.23. The van der Waals surface area contributed by atoms with Crippen molar-refractivity contribution in [2.24, 2.45) is 0 Å².